The number of nitrogens with zero attached hydrogens (tertiary/aromatic N) is 3. The summed E-state index contributed by atoms with van der Waals surface area (Å²) in [5.74, 6) is 0.0546. The highest BCUT2D eigenvalue weighted by molar-refractivity contribution is 6.09. The van der Waals surface area contributed by atoms with Crippen LogP contribution in [0.3, 0.4) is 0 Å². The third-order valence-electron chi connectivity index (χ3n) is 4.10. The van der Waals surface area contributed by atoms with Gasteiger partial charge in [0.05, 0.1) is 6.61 Å². The average molecular weight is 327 g/mol. The fourth-order valence-corrected chi connectivity index (χ4v) is 2.82. The Labute approximate surface area is 140 Å². The number of benzene rings is 1. The maximum atomic E-state index is 12.4. The molecule has 7 nitrogen and oxygen atoms in total. The van der Waals surface area contributed by atoms with E-state index in [0.717, 1.165) is 24.0 Å². The molecule has 0 amide bonds. The first-order chi connectivity index (χ1) is 11.6. The lowest BCUT2D eigenvalue weighted by molar-refractivity contribution is -0.148. The van der Waals surface area contributed by atoms with Gasteiger partial charge in [0.15, 0.2) is 11.9 Å². The molecule has 1 aromatic carbocycles. The van der Waals surface area contributed by atoms with Gasteiger partial charge in [0, 0.05) is 12.1 Å². The van der Waals surface area contributed by atoms with Crippen molar-refractivity contribution in [3.63, 3.8) is 0 Å². The Hall–Kier alpha value is -2.83. The number of rotatable bonds is 5. The summed E-state index contributed by atoms with van der Waals surface area (Å²) >= 11 is 0. The van der Waals surface area contributed by atoms with E-state index in [2.05, 4.69) is 10.1 Å². The molecule has 2 heterocycles. The minimum Gasteiger partial charge on any atom is -0.464 e. The van der Waals surface area contributed by atoms with Gasteiger partial charge < -0.3 is 16.2 Å². The van der Waals surface area contributed by atoms with Crippen LogP contribution in [0.4, 0.5) is 5.69 Å². The van der Waals surface area contributed by atoms with E-state index in [9.17, 15) is 4.79 Å². The zero-order valence-electron chi connectivity index (χ0n) is 13.6. The quantitative estimate of drug-likeness (QED) is 0.486. The smallest absolute Gasteiger partial charge is 0.331 e. The summed E-state index contributed by atoms with van der Waals surface area (Å²) in [6, 6.07) is 6.94. The summed E-state index contributed by atoms with van der Waals surface area (Å²) in [6.07, 6.45) is 3.64. The number of nitrogen functional groups attached to an aromatic ring is 1. The molecule has 1 unspecified atom stereocenters. The number of hydrogen-bond donors (Lipinski definition) is 2. The minimum atomic E-state index is -0.519. The van der Waals surface area contributed by atoms with Crippen molar-refractivity contribution in [1.82, 2.24) is 5.01 Å². The van der Waals surface area contributed by atoms with Crippen molar-refractivity contribution in [3.8, 4) is 0 Å². The summed E-state index contributed by atoms with van der Waals surface area (Å²) in [6.45, 7) is 2.47. The van der Waals surface area contributed by atoms with E-state index < -0.39 is 6.04 Å². The van der Waals surface area contributed by atoms with Crippen LogP contribution < -0.4 is 11.5 Å². The number of hydrazone groups is 1. The lowest BCUT2D eigenvalue weighted by Crippen LogP contribution is -2.39. The van der Waals surface area contributed by atoms with E-state index >= 15 is 0 Å². The summed E-state index contributed by atoms with van der Waals surface area (Å²) < 4.78 is 5.37. The second kappa shape index (κ2) is 6.74. The van der Waals surface area contributed by atoms with Gasteiger partial charge in [0.1, 0.15) is 12.0 Å². The molecule has 2 aliphatic heterocycles. The fraction of sp³-hybridized carbons (Fsp3) is 0.353. The number of carbonyl (C=O) groups excluding carboxylic acids is 1. The van der Waals surface area contributed by atoms with Gasteiger partial charge in [-0.3, -0.25) is 0 Å². The Morgan fingerprint density at radius 1 is 1.33 bits per heavy atom. The Kier molecular flexibility index (Phi) is 4.50. The molecule has 0 aliphatic carbocycles. The van der Waals surface area contributed by atoms with E-state index in [1.807, 2.05) is 31.2 Å². The molecule has 1 aromatic rings. The molecule has 0 bridgehead atoms. The molecule has 0 saturated carbocycles. The molecule has 2 aliphatic rings. The van der Waals surface area contributed by atoms with Crippen LogP contribution >= 0.6 is 0 Å². The summed E-state index contributed by atoms with van der Waals surface area (Å²) in [4.78, 5) is 16.5. The number of anilines is 1. The van der Waals surface area contributed by atoms with Crippen LogP contribution in [0.25, 0.3) is 5.57 Å². The molecule has 4 N–H and O–H groups in total. The van der Waals surface area contributed by atoms with E-state index in [0.29, 0.717) is 30.2 Å². The number of amidine groups is 1. The Bertz CT molecular complexity index is 721. The van der Waals surface area contributed by atoms with Crippen molar-refractivity contribution in [2.24, 2.45) is 15.8 Å². The fourth-order valence-electron chi connectivity index (χ4n) is 2.82. The first-order valence-corrected chi connectivity index (χ1v) is 8.03. The summed E-state index contributed by atoms with van der Waals surface area (Å²) in [7, 11) is 0. The number of nitrogens with two attached hydrogens (primary N) is 2. The standard InChI is InChI=1S/C17H21N5O2/c1-2-3-8-24-17(23)14-9-13(11-4-6-12(18)7-5-11)15-16(19)20-10-21-22(14)15/h4-7,10,14H,2-3,8-9,18H2,1H3,(H2,19,20,21). The Morgan fingerprint density at radius 2 is 2.08 bits per heavy atom. The molecule has 0 saturated heterocycles. The first-order valence-electron chi connectivity index (χ1n) is 8.03. The second-order valence-corrected chi connectivity index (χ2v) is 5.78. The zero-order chi connectivity index (χ0) is 17.1. The van der Waals surface area contributed by atoms with Crippen LogP contribution in [-0.4, -0.2) is 35.8 Å². The Balaban J connectivity index is 1.89. The third kappa shape index (κ3) is 2.97. The highest BCUT2D eigenvalue weighted by Gasteiger charge is 2.40. The summed E-state index contributed by atoms with van der Waals surface area (Å²) in [5, 5.41) is 5.84. The summed E-state index contributed by atoms with van der Waals surface area (Å²) in [5.41, 5.74) is 15.0. The van der Waals surface area contributed by atoms with Crippen molar-refractivity contribution in [1.29, 1.82) is 0 Å². The number of unbranched alkanes of at least 4 members (excludes halogenated alkanes) is 1. The maximum absolute atomic E-state index is 12.4. The van der Waals surface area contributed by atoms with Gasteiger partial charge in [-0.25, -0.2) is 14.8 Å². The predicted octanol–water partition coefficient (Wildman–Crippen LogP) is 1.71. The average Bonchev–Trinajstić information content (AvgIpc) is 2.97. The van der Waals surface area contributed by atoms with E-state index in [-0.39, 0.29) is 5.97 Å². The number of hydrogen-bond acceptors (Lipinski definition) is 7. The molecule has 0 aromatic heterocycles. The minimum absolute atomic E-state index is 0.293. The number of esters is 1. The SMILES string of the molecule is CCCCOC(=O)C1CC(c2ccc(N)cc2)=C2C(N)=NC=NN21. The van der Waals surface area contributed by atoms with Crippen molar-refractivity contribution < 1.29 is 9.53 Å². The molecule has 3 rings (SSSR count). The molecule has 0 fully saturated rings. The number of aliphatic imine (C=N–C) groups is 1. The van der Waals surface area contributed by atoms with E-state index in [1.165, 1.54) is 6.34 Å². The van der Waals surface area contributed by atoms with Crippen LogP contribution in [0.2, 0.25) is 0 Å². The largest absolute Gasteiger partial charge is 0.464 e. The van der Waals surface area contributed by atoms with Crippen molar-refractivity contribution >= 4 is 29.4 Å². The number of ether oxygens (including phenoxy) is 1. The Morgan fingerprint density at radius 3 is 2.79 bits per heavy atom. The highest BCUT2D eigenvalue weighted by atomic mass is 16.5. The highest BCUT2D eigenvalue weighted by Crippen LogP contribution is 2.37. The molecule has 24 heavy (non-hydrogen) atoms. The van der Waals surface area contributed by atoms with Crippen molar-refractivity contribution in [2.75, 3.05) is 12.3 Å². The van der Waals surface area contributed by atoms with Crippen LogP contribution in [0.5, 0.6) is 0 Å². The molecular weight excluding hydrogens is 306 g/mol. The third-order valence-corrected chi connectivity index (χ3v) is 4.10. The molecule has 0 spiro atoms. The van der Waals surface area contributed by atoms with Crippen LogP contribution in [0.1, 0.15) is 31.7 Å². The van der Waals surface area contributed by atoms with Crippen LogP contribution in [0, 0.1) is 0 Å². The molecule has 7 heteroatoms. The number of fused-ring (bicyclic) bond motifs is 1. The number of carbonyl (C=O) groups is 1. The zero-order valence-corrected chi connectivity index (χ0v) is 13.6. The van der Waals surface area contributed by atoms with Gasteiger partial charge in [-0.05, 0) is 29.7 Å². The molecule has 126 valence electrons. The van der Waals surface area contributed by atoms with Gasteiger partial charge in [-0.1, -0.05) is 25.5 Å². The van der Waals surface area contributed by atoms with E-state index in [1.54, 1.807) is 5.01 Å². The molecular formula is C17H21N5O2. The van der Waals surface area contributed by atoms with Gasteiger partial charge >= 0.3 is 5.97 Å². The van der Waals surface area contributed by atoms with Crippen molar-refractivity contribution in [2.45, 2.75) is 32.2 Å². The van der Waals surface area contributed by atoms with Gasteiger partial charge in [0.2, 0.25) is 0 Å². The van der Waals surface area contributed by atoms with Gasteiger partial charge in [-0.2, -0.15) is 5.10 Å². The van der Waals surface area contributed by atoms with Crippen LogP contribution in [-0.2, 0) is 9.53 Å². The normalized spacial score (nSPS) is 19.3. The molecule has 0 radical (unpaired) electrons. The lowest BCUT2D eigenvalue weighted by atomic mass is 10.00. The first kappa shape index (κ1) is 16.0. The monoisotopic (exact) mass is 327 g/mol. The van der Waals surface area contributed by atoms with Gasteiger partial charge in [0.25, 0.3) is 0 Å². The van der Waals surface area contributed by atoms with Crippen LogP contribution in [0.15, 0.2) is 40.1 Å². The topological polar surface area (TPSA) is 106 Å². The van der Waals surface area contributed by atoms with Gasteiger partial charge in [-0.15, -0.1) is 0 Å². The van der Waals surface area contributed by atoms with Crippen molar-refractivity contribution in [3.05, 3.63) is 35.5 Å². The predicted molar refractivity (Wildman–Crippen MR) is 94.0 cm³/mol. The second-order valence-electron chi connectivity index (χ2n) is 5.78. The maximum Gasteiger partial charge on any atom is 0.331 e. The lowest BCUT2D eigenvalue weighted by Gasteiger charge is -2.24. The van der Waals surface area contributed by atoms with E-state index in [4.69, 9.17) is 16.2 Å². The molecule has 1 atom stereocenters.